The summed E-state index contributed by atoms with van der Waals surface area (Å²) in [7, 11) is 0. The Morgan fingerprint density at radius 2 is 2.23 bits per heavy atom. The first-order chi connectivity index (χ1) is 6.07. The lowest BCUT2D eigenvalue weighted by molar-refractivity contribution is 0.422. The molecular formula is C9H9FN2O. The predicted molar refractivity (Wildman–Crippen MR) is 45.4 cm³/mol. The molecule has 1 rings (SSSR count). The number of nitriles is 1. The van der Waals surface area contributed by atoms with Gasteiger partial charge in [0.1, 0.15) is 0 Å². The van der Waals surface area contributed by atoms with Crippen LogP contribution in [0, 0.1) is 17.1 Å². The van der Waals surface area contributed by atoms with Crippen molar-refractivity contribution in [3.05, 3.63) is 29.1 Å². The minimum Gasteiger partial charge on any atom is -0.505 e. The fourth-order valence-electron chi connectivity index (χ4n) is 1.14. The molecule has 0 spiro atoms. The van der Waals surface area contributed by atoms with Crippen molar-refractivity contribution in [1.29, 1.82) is 5.26 Å². The van der Waals surface area contributed by atoms with Gasteiger partial charge in [0.05, 0.1) is 11.6 Å². The van der Waals surface area contributed by atoms with Gasteiger partial charge in [-0.1, -0.05) is 0 Å². The van der Waals surface area contributed by atoms with E-state index in [1.54, 1.807) is 6.92 Å². The van der Waals surface area contributed by atoms with Crippen LogP contribution in [-0.4, -0.2) is 5.11 Å². The predicted octanol–water partition coefficient (Wildman–Crippen LogP) is 1.42. The normalized spacial score (nSPS) is 12.2. The molecule has 3 N–H and O–H groups in total. The quantitative estimate of drug-likeness (QED) is 0.686. The number of nitrogens with zero attached hydrogens (tertiary/aromatic N) is 1. The van der Waals surface area contributed by atoms with Gasteiger partial charge >= 0.3 is 0 Å². The van der Waals surface area contributed by atoms with Gasteiger partial charge in [-0.25, -0.2) is 4.39 Å². The van der Waals surface area contributed by atoms with Crippen LogP contribution in [0.1, 0.15) is 24.1 Å². The lowest BCUT2D eigenvalue weighted by Gasteiger charge is -2.10. The highest BCUT2D eigenvalue weighted by atomic mass is 19.1. The summed E-state index contributed by atoms with van der Waals surface area (Å²) in [5, 5.41) is 17.9. The zero-order valence-electron chi connectivity index (χ0n) is 7.08. The number of hydrogen-bond donors (Lipinski definition) is 2. The van der Waals surface area contributed by atoms with E-state index in [1.165, 1.54) is 6.07 Å². The number of phenols is 1. The van der Waals surface area contributed by atoms with Crippen molar-refractivity contribution in [2.45, 2.75) is 13.0 Å². The van der Waals surface area contributed by atoms with Gasteiger partial charge in [-0.3, -0.25) is 0 Å². The zero-order valence-corrected chi connectivity index (χ0v) is 7.08. The van der Waals surface area contributed by atoms with E-state index in [0.717, 1.165) is 6.07 Å². The van der Waals surface area contributed by atoms with E-state index < -0.39 is 17.6 Å². The van der Waals surface area contributed by atoms with Crippen molar-refractivity contribution in [2.75, 3.05) is 0 Å². The van der Waals surface area contributed by atoms with E-state index in [4.69, 9.17) is 11.0 Å². The fourth-order valence-corrected chi connectivity index (χ4v) is 1.14. The maximum absolute atomic E-state index is 12.8. The van der Waals surface area contributed by atoms with Crippen LogP contribution in [0.2, 0.25) is 0 Å². The number of aromatic hydroxyl groups is 1. The largest absolute Gasteiger partial charge is 0.505 e. The monoisotopic (exact) mass is 180 g/mol. The Bertz CT molecular complexity index is 369. The van der Waals surface area contributed by atoms with Crippen molar-refractivity contribution in [3.8, 4) is 11.8 Å². The summed E-state index contributed by atoms with van der Waals surface area (Å²) in [5.41, 5.74) is 5.84. The van der Waals surface area contributed by atoms with Crippen molar-refractivity contribution < 1.29 is 9.50 Å². The molecule has 68 valence electrons. The van der Waals surface area contributed by atoms with E-state index >= 15 is 0 Å². The second kappa shape index (κ2) is 3.42. The second-order valence-corrected chi connectivity index (χ2v) is 2.76. The molecule has 4 heteroatoms. The van der Waals surface area contributed by atoms with Crippen LogP contribution in [-0.2, 0) is 0 Å². The first kappa shape index (κ1) is 9.49. The van der Waals surface area contributed by atoms with Crippen molar-refractivity contribution in [3.63, 3.8) is 0 Å². The summed E-state index contributed by atoms with van der Waals surface area (Å²) in [4.78, 5) is 0. The van der Waals surface area contributed by atoms with Crippen LogP contribution >= 0.6 is 0 Å². The van der Waals surface area contributed by atoms with Crippen LogP contribution in [0.4, 0.5) is 4.39 Å². The highest BCUT2D eigenvalue weighted by molar-refractivity contribution is 5.48. The molecule has 0 aromatic heterocycles. The molecule has 0 unspecified atom stereocenters. The maximum Gasteiger partial charge on any atom is 0.165 e. The lowest BCUT2D eigenvalue weighted by Crippen LogP contribution is -2.08. The van der Waals surface area contributed by atoms with Crippen LogP contribution in [0.15, 0.2) is 12.1 Å². The van der Waals surface area contributed by atoms with Gasteiger partial charge in [0.2, 0.25) is 0 Å². The van der Waals surface area contributed by atoms with Gasteiger partial charge < -0.3 is 10.8 Å². The first-order valence-electron chi connectivity index (χ1n) is 3.75. The molecule has 1 aromatic rings. The summed E-state index contributed by atoms with van der Waals surface area (Å²) < 4.78 is 12.8. The smallest absolute Gasteiger partial charge is 0.165 e. The van der Waals surface area contributed by atoms with Crippen LogP contribution in [0.5, 0.6) is 5.75 Å². The van der Waals surface area contributed by atoms with E-state index in [-0.39, 0.29) is 11.1 Å². The molecule has 0 saturated heterocycles. The molecule has 0 aliphatic heterocycles. The summed E-state index contributed by atoms with van der Waals surface area (Å²) in [6.07, 6.45) is 0. The number of nitrogens with two attached hydrogens (primary N) is 1. The number of hydrogen-bond acceptors (Lipinski definition) is 3. The van der Waals surface area contributed by atoms with Crippen LogP contribution < -0.4 is 5.73 Å². The molecule has 0 aliphatic rings. The molecule has 0 saturated carbocycles. The SMILES string of the molecule is C[C@H](N)c1c(C#N)ccc(F)c1O. The fraction of sp³-hybridized carbons (Fsp3) is 0.222. The Kier molecular flexibility index (Phi) is 2.49. The van der Waals surface area contributed by atoms with Crippen LogP contribution in [0.25, 0.3) is 0 Å². The van der Waals surface area contributed by atoms with Gasteiger partial charge in [-0.05, 0) is 19.1 Å². The summed E-state index contributed by atoms with van der Waals surface area (Å²) in [5.74, 6) is -1.29. The molecule has 1 atom stereocenters. The van der Waals surface area contributed by atoms with Gasteiger partial charge in [-0.15, -0.1) is 0 Å². The molecule has 13 heavy (non-hydrogen) atoms. The average Bonchev–Trinajstić information content (AvgIpc) is 2.08. The molecule has 0 aliphatic carbocycles. The Balaban J connectivity index is 3.43. The second-order valence-electron chi connectivity index (χ2n) is 2.76. The highest BCUT2D eigenvalue weighted by Gasteiger charge is 2.15. The third-order valence-corrected chi connectivity index (χ3v) is 1.74. The van der Waals surface area contributed by atoms with Gasteiger partial charge in [0.25, 0.3) is 0 Å². The van der Waals surface area contributed by atoms with Crippen molar-refractivity contribution in [1.82, 2.24) is 0 Å². The first-order valence-corrected chi connectivity index (χ1v) is 3.75. The molecule has 0 bridgehead atoms. The van der Waals surface area contributed by atoms with Crippen molar-refractivity contribution >= 4 is 0 Å². The Hall–Kier alpha value is -1.60. The standard InChI is InChI=1S/C9H9FN2O/c1-5(12)8-6(4-11)2-3-7(10)9(8)13/h2-3,5,13H,12H2,1H3/t5-/m0/s1. The molecule has 0 radical (unpaired) electrons. The summed E-state index contributed by atoms with van der Waals surface area (Å²) in [6.45, 7) is 1.58. The minimum atomic E-state index is -0.758. The Labute approximate surface area is 75.2 Å². The minimum absolute atomic E-state index is 0.155. The topological polar surface area (TPSA) is 70.0 Å². The molecule has 3 nitrogen and oxygen atoms in total. The zero-order chi connectivity index (χ0) is 10.0. The third-order valence-electron chi connectivity index (χ3n) is 1.74. The van der Waals surface area contributed by atoms with Gasteiger partial charge in [-0.2, -0.15) is 5.26 Å². The molecular weight excluding hydrogens is 171 g/mol. The Morgan fingerprint density at radius 1 is 1.62 bits per heavy atom. The summed E-state index contributed by atoms with van der Waals surface area (Å²) >= 11 is 0. The summed E-state index contributed by atoms with van der Waals surface area (Å²) in [6, 6.07) is 3.61. The van der Waals surface area contributed by atoms with E-state index in [2.05, 4.69) is 0 Å². The average molecular weight is 180 g/mol. The Morgan fingerprint density at radius 3 is 2.69 bits per heavy atom. The molecule has 0 heterocycles. The third kappa shape index (κ3) is 1.60. The van der Waals surface area contributed by atoms with Crippen LogP contribution in [0.3, 0.4) is 0 Å². The highest BCUT2D eigenvalue weighted by Crippen LogP contribution is 2.28. The number of rotatable bonds is 1. The van der Waals surface area contributed by atoms with E-state index in [1.807, 2.05) is 6.07 Å². The van der Waals surface area contributed by atoms with Gasteiger partial charge in [0.15, 0.2) is 11.6 Å². The lowest BCUT2D eigenvalue weighted by atomic mass is 10.0. The number of phenolic OH excluding ortho intramolecular Hbond substituents is 1. The van der Waals surface area contributed by atoms with Gasteiger partial charge in [0, 0.05) is 11.6 Å². The number of halogens is 1. The molecule has 0 amide bonds. The van der Waals surface area contributed by atoms with E-state index in [9.17, 15) is 9.50 Å². The maximum atomic E-state index is 12.8. The molecule has 0 fully saturated rings. The van der Waals surface area contributed by atoms with E-state index in [0.29, 0.717) is 0 Å². The molecule has 1 aromatic carbocycles. The number of benzene rings is 1. The van der Waals surface area contributed by atoms with Crippen molar-refractivity contribution in [2.24, 2.45) is 5.73 Å².